The Hall–Kier alpha value is -1.68. The summed E-state index contributed by atoms with van der Waals surface area (Å²) in [6, 6.07) is 0. The molecule has 0 aromatic carbocycles. The maximum Gasteiger partial charge on any atom is 0.219 e. The molecule has 0 aliphatic rings. The molecule has 92 valence electrons. The molecule has 0 aliphatic carbocycles. The summed E-state index contributed by atoms with van der Waals surface area (Å²) >= 11 is 0. The van der Waals surface area contributed by atoms with E-state index in [2.05, 4.69) is 11.6 Å². The van der Waals surface area contributed by atoms with Gasteiger partial charge in [-0.05, 0) is 25.5 Å². The number of halogens is 1. The van der Waals surface area contributed by atoms with Crippen molar-refractivity contribution in [1.82, 2.24) is 4.98 Å². The molecule has 0 fully saturated rings. The van der Waals surface area contributed by atoms with Gasteiger partial charge in [-0.25, -0.2) is 9.37 Å². The predicted octanol–water partition coefficient (Wildman–Crippen LogP) is 2.96. The summed E-state index contributed by atoms with van der Waals surface area (Å²) in [6.07, 6.45) is 4.59. The van der Waals surface area contributed by atoms with Crippen molar-refractivity contribution >= 4 is 6.08 Å². The minimum Gasteiger partial charge on any atom is -0.441 e. The number of aliphatic hydroxyl groups excluding tert-OH is 1. The molecule has 0 spiro atoms. The van der Waals surface area contributed by atoms with Gasteiger partial charge in [0, 0.05) is 12.5 Å². The van der Waals surface area contributed by atoms with E-state index in [1.165, 1.54) is 18.2 Å². The number of rotatable bonds is 5. The third-order valence-electron chi connectivity index (χ3n) is 2.30. The zero-order chi connectivity index (χ0) is 12.8. The Morgan fingerprint density at radius 2 is 2.29 bits per heavy atom. The van der Waals surface area contributed by atoms with Crippen molar-refractivity contribution in [3.8, 4) is 0 Å². The van der Waals surface area contributed by atoms with Gasteiger partial charge in [-0.1, -0.05) is 12.7 Å². The molecule has 0 bridgehead atoms. The molecule has 1 aromatic rings. The molecule has 4 heteroatoms. The molecular weight excluding hydrogens is 221 g/mol. The van der Waals surface area contributed by atoms with Crippen molar-refractivity contribution < 1.29 is 13.9 Å². The second-order valence-corrected chi connectivity index (χ2v) is 3.60. The smallest absolute Gasteiger partial charge is 0.219 e. The molecule has 0 saturated carbocycles. The fourth-order valence-electron chi connectivity index (χ4n) is 1.23. The summed E-state index contributed by atoms with van der Waals surface area (Å²) in [4.78, 5) is 4.11. The Balaban J connectivity index is 2.85. The molecular formula is C13H16FNO2. The molecule has 0 radical (unpaired) electrons. The van der Waals surface area contributed by atoms with Crippen LogP contribution >= 0.6 is 0 Å². The van der Waals surface area contributed by atoms with E-state index < -0.39 is 0 Å². The van der Waals surface area contributed by atoms with E-state index in [1.807, 2.05) is 0 Å². The number of hydrogen-bond acceptors (Lipinski definition) is 3. The number of aromatic nitrogens is 1. The van der Waals surface area contributed by atoms with Crippen LogP contribution in [-0.4, -0.2) is 16.7 Å². The molecule has 1 rings (SSSR count). The summed E-state index contributed by atoms with van der Waals surface area (Å²) in [5.41, 5.74) is 1.17. The van der Waals surface area contributed by atoms with Gasteiger partial charge in [0.1, 0.15) is 11.6 Å². The first kappa shape index (κ1) is 13.4. The van der Waals surface area contributed by atoms with E-state index >= 15 is 0 Å². The average Bonchev–Trinajstić information content (AvgIpc) is 2.66. The van der Waals surface area contributed by atoms with E-state index in [0.717, 1.165) is 0 Å². The molecule has 1 N–H and O–H groups in total. The third-order valence-corrected chi connectivity index (χ3v) is 2.30. The van der Waals surface area contributed by atoms with E-state index in [4.69, 9.17) is 9.52 Å². The van der Waals surface area contributed by atoms with Crippen molar-refractivity contribution in [2.45, 2.75) is 20.3 Å². The topological polar surface area (TPSA) is 46.3 Å². The molecule has 0 unspecified atom stereocenters. The van der Waals surface area contributed by atoms with Gasteiger partial charge in [-0.15, -0.1) is 0 Å². The molecule has 1 aromatic heterocycles. The first-order valence-corrected chi connectivity index (χ1v) is 5.32. The van der Waals surface area contributed by atoms with Gasteiger partial charge in [-0.2, -0.15) is 0 Å². The highest BCUT2D eigenvalue weighted by molar-refractivity contribution is 5.45. The minimum atomic E-state index is -0.375. The molecule has 3 nitrogen and oxygen atoms in total. The quantitative estimate of drug-likeness (QED) is 0.801. The van der Waals surface area contributed by atoms with Crippen LogP contribution in [0.15, 0.2) is 34.5 Å². The van der Waals surface area contributed by atoms with Gasteiger partial charge in [0.15, 0.2) is 0 Å². The van der Waals surface area contributed by atoms with E-state index in [9.17, 15) is 4.39 Å². The molecule has 0 saturated heterocycles. The Bertz CT molecular complexity index is 458. The van der Waals surface area contributed by atoms with Crippen LogP contribution in [0.2, 0.25) is 0 Å². The number of aliphatic hydroxyl groups is 1. The summed E-state index contributed by atoms with van der Waals surface area (Å²) in [7, 11) is 0. The first-order chi connectivity index (χ1) is 8.08. The standard InChI is InChI=1S/C13H16FNO2/c1-4-9(2)11(14)5-6-13-15-10(3)12(17-13)7-8-16/h4-6,16H,1,7-8H2,2-3H3/b6-5+,11-9+. The van der Waals surface area contributed by atoms with E-state index in [0.29, 0.717) is 29.3 Å². The van der Waals surface area contributed by atoms with Crippen LogP contribution < -0.4 is 0 Å². The van der Waals surface area contributed by atoms with Crippen LogP contribution in [0.25, 0.3) is 6.08 Å². The number of hydrogen-bond donors (Lipinski definition) is 1. The zero-order valence-corrected chi connectivity index (χ0v) is 10.0. The molecule has 1 heterocycles. The second kappa shape index (κ2) is 6.15. The van der Waals surface area contributed by atoms with Crippen LogP contribution in [0.5, 0.6) is 0 Å². The van der Waals surface area contributed by atoms with E-state index in [1.54, 1.807) is 13.8 Å². The van der Waals surface area contributed by atoms with Crippen molar-refractivity contribution in [2.24, 2.45) is 0 Å². The third kappa shape index (κ3) is 3.67. The van der Waals surface area contributed by atoms with Gasteiger partial charge in [-0.3, -0.25) is 0 Å². The lowest BCUT2D eigenvalue weighted by molar-refractivity contribution is 0.287. The maximum atomic E-state index is 13.3. The Morgan fingerprint density at radius 3 is 2.88 bits per heavy atom. The Labute approximate surface area is 100.0 Å². The van der Waals surface area contributed by atoms with Gasteiger partial charge in [0.05, 0.1) is 12.3 Å². The SMILES string of the molecule is C=C/C(C)=C(F)\C=C\c1nc(C)c(CCO)o1. The fraction of sp³-hybridized carbons (Fsp3) is 0.308. The fourth-order valence-corrected chi connectivity index (χ4v) is 1.23. The van der Waals surface area contributed by atoms with E-state index in [-0.39, 0.29) is 12.4 Å². The van der Waals surface area contributed by atoms with Gasteiger partial charge in [0.2, 0.25) is 5.89 Å². The molecule has 0 atom stereocenters. The number of nitrogens with zero attached hydrogens (tertiary/aromatic N) is 1. The maximum absolute atomic E-state index is 13.3. The average molecular weight is 237 g/mol. The highest BCUT2D eigenvalue weighted by Gasteiger charge is 2.06. The summed E-state index contributed by atoms with van der Waals surface area (Å²) in [5, 5.41) is 8.79. The van der Waals surface area contributed by atoms with Crippen LogP contribution in [0.3, 0.4) is 0 Å². The van der Waals surface area contributed by atoms with Gasteiger partial charge >= 0.3 is 0 Å². The lowest BCUT2D eigenvalue weighted by atomic mass is 10.2. The van der Waals surface area contributed by atoms with Crippen LogP contribution in [-0.2, 0) is 6.42 Å². The van der Waals surface area contributed by atoms with Crippen LogP contribution in [0, 0.1) is 6.92 Å². The van der Waals surface area contributed by atoms with Crippen molar-refractivity contribution in [3.63, 3.8) is 0 Å². The van der Waals surface area contributed by atoms with Crippen molar-refractivity contribution in [1.29, 1.82) is 0 Å². The summed E-state index contributed by atoms with van der Waals surface area (Å²) in [6.45, 7) is 6.90. The summed E-state index contributed by atoms with van der Waals surface area (Å²) < 4.78 is 18.7. The lowest BCUT2D eigenvalue weighted by Crippen LogP contribution is -1.89. The largest absolute Gasteiger partial charge is 0.441 e. The van der Waals surface area contributed by atoms with Crippen LogP contribution in [0.4, 0.5) is 4.39 Å². The Morgan fingerprint density at radius 1 is 1.59 bits per heavy atom. The van der Waals surface area contributed by atoms with Crippen molar-refractivity contribution in [2.75, 3.05) is 6.61 Å². The second-order valence-electron chi connectivity index (χ2n) is 3.60. The monoisotopic (exact) mass is 237 g/mol. The van der Waals surface area contributed by atoms with Crippen molar-refractivity contribution in [3.05, 3.63) is 47.5 Å². The minimum absolute atomic E-state index is 0.00300. The number of oxazole rings is 1. The summed E-state index contributed by atoms with van der Waals surface area (Å²) in [5.74, 6) is 0.578. The van der Waals surface area contributed by atoms with Gasteiger partial charge < -0.3 is 9.52 Å². The van der Waals surface area contributed by atoms with Gasteiger partial charge in [0.25, 0.3) is 0 Å². The molecule has 17 heavy (non-hydrogen) atoms. The normalized spacial score (nSPS) is 12.9. The number of allylic oxidation sites excluding steroid dienone is 4. The molecule has 0 amide bonds. The highest BCUT2D eigenvalue weighted by Crippen LogP contribution is 2.14. The predicted molar refractivity (Wildman–Crippen MR) is 65.1 cm³/mol. The molecule has 0 aliphatic heterocycles. The number of aryl methyl sites for hydroxylation is 1. The lowest BCUT2D eigenvalue weighted by Gasteiger charge is -1.91. The highest BCUT2D eigenvalue weighted by atomic mass is 19.1. The zero-order valence-electron chi connectivity index (χ0n) is 10.0. The Kier molecular flexibility index (Phi) is 4.84. The van der Waals surface area contributed by atoms with Crippen LogP contribution in [0.1, 0.15) is 24.3 Å². The first-order valence-electron chi connectivity index (χ1n) is 5.32.